The number of amides is 1. The Hall–Kier alpha value is -2.33. The Bertz CT molecular complexity index is 1080. The lowest BCUT2D eigenvalue weighted by Gasteiger charge is -2.05. The molecule has 0 fully saturated rings. The van der Waals surface area contributed by atoms with Crippen LogP contribution < -0.4 is 10.0 Å². The Morgan fingerprint density at radius 1 is 1.11 bits per heavy atom. The van der Waals surface area contributed by atoms with E-state index in [1.165, 1.54) is 0 Å². The summed E-state index contributed by atoms with van der Waals surface area (Å²) in [5.74, 6) is -0.378. The summed E-state index contributed by atoms with van der Waals surface area (Å²) in [6.45, 7) is 1.83. The van der Waals surface area contributed by atoms with Gasteiger partial charge < -0.3 is 0 Å². The highest BCUT2D eigenvalue weighted by molar-refractivity contribution is 7.91. The number of hydrogen-bond donors (Lipinski definition) is 2. The van der Waals surface area contributed by atoms with Gasteiger partial charge in [0.1, 0.15) is 0 Å². The molecule has 2 aromatic carbocycles. The van der Waals surface area contributed by atoms with Gasteiger partial charge in [-0.3, -0.25) is 10.1 Å². The molecule has 0 radical (unpaired) electrons. The summed E-state index contributed by atoms with van der Waals surface area (Å²) >= 11 is 6.79. The second kappa shape index (κ2) is 8.13. The number of sulfonamides is 1. The fourth-order valence-corrected chi connectivity index (χ4v) is 4.38. The molecule has 1 heterocycles. The first-order chi connectivity index (χ1) is 12.9. The van der Waals surface area contributed by atoms with E-state index in [4.69, 9.17) is 11.6 Å². The Morgan fingerprint density at radius 3 is 2.56 bits per heavy atom. The number of nitrogens with zero attached hydrogens (tertiary/aromatic N) is 2. The zero-order valence-electron chi connectivity index (χ0n) is 14.1. The van der Waals surface area contributed by atoms with Crippen molar-refractivity contribution in [2.24, 2.45) is 0 Å². The van der Waals surface area contributed by atoms with Gasteiger partial charge in [0.25, 0.3) is 15.9 Å². The fraction of sp³-hybridized carbons (Fsp3) is 0.118. The highest BCUT2D eigenvalue weighted by atomic mass is 35.5. The molecule has 0 atom stereocenters. The maximum Gasteiger partial charge on any atom is 0.270 e. The SMILES string of the molecule is Cc1ccccc1C(=O)Nc1nnc(S(=O)(=O)NCc2ccccc2Cl)s1. The Labute approximate surface area is 165 Å². The van der Waals surface area contributed by atoms with E-state index in [0.717, 1.165) is 16.9 Å². The van der Waals surface area contributed by atoms with Crippen LogP contribution in [0.3, 0.4) is 0 Å². The molecule has 0 aliphatic heterocycles. The number of anilines is 1. The van der Waals surface area contributed by atoms with Crippen LogP contribution in [-0.2, 0) is 16.6 Å². The molecule has 3 rings (SSSR count). The van der Waals surface area contributed by atoms with E-state index in [-0.39, 0.29) is 21.9 Å². The monoisotopic (exact) mass is 422 g/mol. The minimum absolute atomic E-state index is 0.0203. The number of aryl methyl sites for hydroxylation is 1. The van der Waals surface area contributed by atoms with Crippen LogP contribution in [0.15, 0.2) is 52.9 Å². The number of carbonyl (C=O) groups is 1. The van der Waals surface area contributed by atoms with E-state index >= 15 is 0 Å². The molecule has 0 bridgehead atoms. The molecule has 2 N–H and O–H groups in total. The van der Waals surface area contributed by atoms with Crippen LogP contribution in [0.5, 0.6) is 0 Å². The zero-order valence-corrected chi connectivity index (χ0v) is 16.5. The number of nitrogens with one attached hydrogen (secondary N) is 2. The molecule has 27 heavy (non-hydrogen) atoms. The molecule has 0 saturated carbocycles. The first-order valence-electron chi connectivity index (χ1n) is 7.80. The summed E-state index contributed by atoms with van der Waals surface area (Å²) in [5.41, 5.74) is 1.92. The van der Waals surface area contributed by atoms with E-state index in [1.54, 1.807) is 36.4 Å². The zero-order chi connectivity index (χ0) is 19.4. The van der Waals surface area contributed by atoms with Crippen LogP contribution >= 0.6 is 22.9 Å². The van der Waals surface area contributed by atoms with Gasteiger partial charge in [0, 0.05) is 17.1 Å². The number of aromatic nitrogens is 2. The highest BCUT2D eigenvalue weighted by Crippen LogP contribution is 2.22. The number of rotatable bonds is 6. The van der Waals surface area contributed by atoms with E-state index in [1.807, 2.05) is 19.1 Å². The lowest BCUT2D eigenvalue weighted by molar-refractivity contribution is 0.102. The maximum absolute atomic E-state index is 12.4. The van der Waals surface area contributed by atoms with Gasteiger partial charge in [0.15, 0.2) is 0 Å². The molecule has 0 aliphatic rings. The predicted molar refractivity (Wildman–Crippen MR) is 105 cm³/mol. The second-order valence-electron chi connectivity index (χ2n) is 5.56. The van der Waals surface area contributed by atoms with Crippen LogP contribution in [0.2, 0.25) is 5.02 Å². The Morgan fingerprint density at radius 2 is 1.81 bits per heavy atom. The first kappa shape index (κ1) is 19.4. The van der Waals surface area contributed by atoms with Gasteiger partial charge in [-0.1, -0.05) is 59.3 Å². The quantitative estimate of drug-likeness (QED) is 0.594. The molecule has 3 aromatic rings. The number of benzene rings is 2. The van der Waals surface area contributed by atoms with Gasteiger partial charge in [0.2, 0.25) is 9.47 Å². The molecular formula is C17H15ClN4O3S2. The van der Waals surface area contributed by atoms with Gasteiger partial charge >= 0.3 is 0 Å². The third-order valence-electron chi connectivity index (χ3n) is 3.66. The van der Waals surface area contributed by atoms with Crippen LogP contribution in [-0.4, -0.2) is 24.5 Å². The van der Waals surface area contributed by atoms with E-state index in [2.05, 4.69) is 20.2 Å². The van der Waals surface area contributed by atoms with Gasteiger partial charge in [-0.05, 0) is 30.2 Å². The largest absolute Gasteiger partial charge is 0.296 e. The van der Waals surface area contributed by atoms with Crippen LogP contribution in [0, 0.1) is 6.92 Å². The van der Waals surface area contributed by atoms with Gasteiger partial charge in [0.05, 0.1) is 0 Å². The predicted octanol–water partition coefficient (Wildman–Crippen LogP) is 3.23. The van der Waals surface area contributed by atoms with E-state index in [9.17, 15) is 13.2 Å². The van der Waals surface area contributed by atoms with Crippen LogP contribution in [0.25, 0.3) is 0 Å². The Kier molecular flexibility index (Phi) is 5.85. The normalized spacial score (nSPS) is 11.3. The van der Waals surface area contributed by atoms with Crippen LogP contribution in [0.1, 0.15) is 21.5 Å². The summed E-state index contributed by atoms with van der Waals surface area (Å²) in [4.78, 5) is 12.3. The summed E-state index contributed by atoms with van der Waals surface area (Å²) in [5, 5.41) is 10.5. The lowest BCUT2D eigenvalue weighted by Crippen LogP contribution is -2.23. The summed E-state index contributed by atoms with van der Waals surface area (Å²) in [6, 6.07) is 14.0. The molecule has 7 nitrogen and oxygen atoms in total. The molecule has 10 heteroatoms. The van der Waals surface area contributed by atoms with E-state index < -0.39 is 10.0 Å². The first-order valence-corrected chi connectivity index (χ1v) is 10.5. The van der Waals surface area contributed by atoms with Crippen LogP contribution in [0.4, 0.5) is 5.13 Å². The molecule has 0 saturated heterocycles. The average molecular weight is 423 g/mol. The second-order valence-corrected chi connectivity index (χ2v) is 8.88. The Balaban J connectivity index is 1.70. The van der Waals surface area contributed by atoms with Crippen molar-refractivity contribution in [3.05, 3.63) is 70.2 Å². The van der Waals surface area contributed by atoms with Crippen molar-refractivity contribution in [2.75, 3.05) is 5.32 Å². The minimum Gasteiger partial charge on any atom is -0.296 e. The van der Waals surface area contributed by atoms with Gasteiger partial charge in [-0.15, -0.1) is 10.2 Å². The topological polar surface area (TPSA) is 101 Å². The van der Waals surface area contributed by atoms with Crippen molar-refractivity contribution < 1.29 is 13.2 Å². The van der Waals surface area contributed by atoms with Crippen molar-refractivity contribution >= 4 is 44.0 Å². The van der Waals surface area contributed by atoms with Crippen molar-refractivity contribution in [2.45, 2.75) is 17.8 Å². The highest BCUT2D eigenvalue weighted by Gasteiger charge is 2.21. The van der Waals surface area contributed by atoms with Crippen molar-refractivity contribution in [3.63, 3.8) is 0 Å². The fourth-order valence-electron chi connectivity index (χ4n) is 2.24. The molecule has 0 unspecified atom stereocenters. The summed E-state index contributed by atoms with van der Waals surface area (Å²) < 4.78 is 26.9. The molecule has 140 valence electrons. The van der Waals surface area contributed by atoms with Gasteiger partial charge in [-0.25, -0.2) is 13.1 Å². The molecule has 1 amide bonds. The van der Waals surface area contributed by atoms with Gasteiger partial charge in [-0.2, -0.15) is 0 Å². The van der Waals surface area contributed by atoms with Crippen molar-refractivity contribution in [1.29, 1.82) is 0 Å². The minimum atomic E-state index is -3.88. The summed E-state index contributed by atoms with van der Waals surface area (Å²) in [6.07, 6.45) is 0. The number of hydrogen-bond acceptors (Lipinski definition) is 6. The molecule has 0 spiro atoms. The number of carbonyl (C=O) groups excluding carboxylic acids is 1. The number of halogens is 1. The van der Waals surface area contributed by atoms with E-state index in [0.29, 0.717) is 16.1 Å². The molecular weight excluding hydrogens is 408 g/mol. The summed E-state index contributed by atoms with van der Waals surface area (Å²) in [7, 11) is -3.88. The van der Waals surface area contributed by atoms with Crippen molar-refractivity contribution in [3.8, 4) is 0 Å². The standard InChI is InChI=1S/C17H15ClN4O3S2/c1-11-6-2-4-8-13(11)15(23)20-16-21-22-17(26-16)27(24,25)19-10-12-7-3-5-9-14(12)18/h2-9,19H,10H2,1H3,(H,20,21,23). The molecule has 1 aromatic heterocycles. The third-order valence-corrected chi connectivity index (χ3v) is 6.63. The third kappa shape index (κ3) is 4.69. The smallest absolute Gasteiger partial charge is 0.270 e. The molecule has 0 aliphatic carbocycles. The van der Waals surface area contributed by atoms with Crippen molar-refractivity contribution in [1.82, 2.24) is 14.9 Å². The maximum atomic E-state index is 12.4. The lowest BCUT2D eigenvalue weighted by atomic mass is 10.1. The average Bonchev–Trinajstić information content (AvgIpc) is 3.11.